The molecule has 0 aliphatic rings. The molecule has 1 rings (SSSR count). The van der Waals surface area contributed by atoms with Gasteiger partial charge in [-0.25, -0.2) is 0 Å². The summed E-state index contributed by atoms with van der Waals surface area (Å²) in [5.41, 5.74) is 0.426. The van der Waals surface area contributed by atoms with E-state index in [0.29, 0.717) is 36.8 Å². The summed E-state index contributed by atoms with van der Waals surface area (Å²) in [6.07, 6.45) is 0.857. The Labute approximate surface area is 131 Å². The van der Waals surface area contributed by atoms with Crippen molar-refractivity contribution in [2.75, 3.05) is 26.3 Å². The second-order valence-corrected chi connectivity index (χ2v) is 4.56. The van der Waals surface area contributed by atoms with Crippen LogP contribution in [0, 0.1) is 0 Å². The standard InChI is InChI=1S/C16H24N2O4/c1-4-9-17-15(19)11-18-16(20)12-7-8-13(21-5-2)14(10-12)22-6-3/h7-8,10H,4-6,9,11H2,1-3H3,(H,17,19)(H,18,20). The molecule has 0 unspecified atom stereocenters. The van der Waals surface area contributed by atoms with E-state index in [1.54, 1.807) is 18.2 Å². The van der Waals surface area contributed by atoms with Gasteiger partial charge in [0.1, 0.15) is 0 Å². The summed E-state index contributed by atoms with van der Waals surface area (Å²) in [6, 6.07) is 4.96. The molecule has 0 saturated heterocycles. The first-order valence-electron chi connectivity index (χ1n) is 7.56. The minimum Gasteiger partial charge on any atom is -0.490 e. The molecule has 6 heteroatoms. The lowest BCUT2D eigenvalue weighted by Gasteiger charge is -2.12. The molecule has 0 aliphatic carbocycles. The highest BCUT2D eigenvalue weighted by Gasteiger charge is 2.12. The Morgan fingerprint density at radius 3 is 2.32 bits per heavy atom. The summed E-state index contributed by atoms with van der Waals surface area (Å²) in [5.74, 6) is 0.593. The molecule has 0 bridgehead atoms. The first-order chi connectivity index (χ1) is 10.6. The summed E-state index contributed by atoms with van der Waals surface area (Å²) < 4.78 is 10.9. The van der Waals surface area contributed by atoms with Gasteiger partial charge in [0.25, 0.3) is 5.91 Å². The van der Waals surface area contributed by atoms with E-state index in [1.165, 1.54) is 0 Å². The Kier molecular flexibility index (Phi) is 7.81. The maximum atomic E-state index is 12.1. The van der Waals surface area contributed by atoms with Gasteiger partial charge < -0.3 is 20.1 Å². The van der Waals surface area contributed by atoms with Crippen molar-refractivity contribution in [3.05, 3.63) is 23.8 Å². The largest absolute Gasteiger partial charge is 0.490 e. The van der Waals surface area contributed by atoms with E-state index in [0.717, 1.165) is 6.42 Å². The van der Waals surface area contributed by atoms with Crippen molar-refractivity contribution in [2.24, 2.45) is 0 Å². The van der Waals surface area contributed by atoms with E-state index in [2.05, 4.69) is 10.6 Å². The average Bonchev–Trinajstić information content (AvgIpc) is 2.52. The Bertz CT molecular complexity index is 503. The molecule has 6 nitrogen and oxygen atoms in total. The predicted molar refractivity (Wildman–Crippen MR) is 84.4 cm³/mol. The van der Waals surface area contributed by atoms with Crippen LogP contribution in [0.2, 0.25) is 0 Å². The lowest BCUT2D eigenvalue weighted by molar-refractivity contribution is -0.120. The number of ether oxygens (including phenoxy) is 2. The number of nitrogens with one attached hydrogen (secondary N) is 2. The van der Waals surface area contributed by atoms with E-state index in [1.807, 2.05) is 20.8 Å². The third-order valence-electron chi connectivity index (χ3n) is 2.79. The molecule has 122 valence electrons. The van der Waals surface area contributed by atoms with Gasteiger partial charge in [0.15, 0.2) is 11.5 Å². The highest BCUT2D eigenvalue weighted by atomic mass is 16.5. The molecule has 0 radical (unpaired) electrons. The zero-order chi connectivity index (χ0) is 16.4. The highest BCUT2D eigenvalue weighted by molar-refractivity contribution is 5.97. The van der Waals surface area contributed by atoms with E-state index in [4.69, 9.17) is 9.47 Å². The fourth-order valence-corrected chi connectivity index (χ4v) is 1.78. The van der Waals surface area contributed by atoms with Crippen LogP contribution in [-0.4, -0.2) is 38.1 Å². The number of carbonyl (C=O) groups excluding carboxylic acids is 2. The zero-order valence-electron chi connectivity index (χ0n) is 13.4. The van der Waals surface area contributed by atoms with Gasteiger partial charge in [-0.3, -0.25) is 9.59 Å². The molecular formula is C16H24N2O4. The Hall–Kier alpha value is -2.24. The minimum absolute atomic E-state index is 0.0456. The highest BCUT2D eigenvalue weighted by Crippen LogP contribution is 2.28. The normalized spacial score (nSPS) is 9.95. The van der Waals surface area contributed by atoms with Gasteiger partial charge in [0.05, 0.1) is 19.8 Å². The monoisotopic (exact) mass is 308 g/mol. The smallest absolute Gasteiger partial charge is 0.251 e. The number of amides is 2. The fourth-order valence-electron chi connectivity index (χ4n) is 1.78. The molecule has 0 spiro atoms. The van der Waals surface area contributed by atoms with Gasteiger partial charge >= 0.3 is 0 Å². The van der Waals surface area contributed by atoms with Gasteiger partial charge in [-0.2, -0.15) is 0 Å². The van der Waals surface area contributed by atoms with Gasteiger partial charge in [-0.1, -0.05) is 6.92 Å². The van der Waals surface area contributed by atoms with Gasteiger partial charge in [0, 0.05) is 12.1 Å². The van der Waals surface area contributed by atoms with Crippen molar-refractivity contribution < 1.29 is 19.1 Å². The molecule has 1 aromatic rings. The van der Waals surface area contributed by atoms with E-state index in [-0.39, 0.29) is 18.4 Å². The molecular weight excluding hydrogens is 284 g/mol. The third kappa shape index (κ3) is 5.63. The first kappa shape index (κ1) is 17.8. The van der Waals surface area contributed by atoms with Crippen molar-refractivity contribution in [1.29, 1.82) is 0 Å². The first-order valence-corrected chi connectivity index (χ1v) is 7.56. The van der Waals surface area contributed by atoms with Crippen molar-refractivity contribution in [2.45, 2.75) is 27.2 Å². The van der Waals surface area contributed by atoms with Crippen LogP contribution in [0.25, 0.3) is 0 Å². The Balaban J connectivity index is 2.68. The van der Waals surface area contributed by atoms with Crippen LogP contribution in [0.3, 0.4) is 0 Å². The molecule has 0 fully saturated rings. The Morgan fingerprint density at radius 1 is 1.00 bits per heavy atom. The maximum absolute atomic E-state index is 12.1. The summed E-state index contributed by atoms with van der Waals surface area (Å²) >= 11 is 0. The van der Waals surface area contributed by atoms with Crippen LogP contribution in [-0.2, 0) is 4.79 Å². The van der Waals surface area contributed by atoms with Crippen molar-refractivity contribution in [3.8, 4) is 11.5 Å². The van der Waals surface area contributed by atoms with Crippen LogP contribution < -0.4 is 20.1 Å². The van der Waals surface area contributed by atoms with Crippen LogP contribution >= 0.6 is 0 Å². The van der Waals surface area contributed by atoms with Crippen molar-refractivity contribution in [1.82, 2.24) is 10.6 Å². The van der Waals surface area contributed by atoms with Crippen molar-refractivity contribution in [3.63, 3.8) is 0 Å². The molecule has 0 saturated carbocycles. The number of hydrogen-bond donors (Lipinski definition) is 2. The summed E-state index contributed by atoms with van der Waals surface area (Å²) in [6.45, 7) is 7.26. The molecule has 0 aromatic heterocycles. The number of carbonyl (C=O) groups is 2. The van der Waals surface area contributed by atoms with Crippen LogP contribution in [0.5, 0.6) is 11.5 Å². The van der Waals surface area contributed by atoms with Crippen LogP contribution in [0.15, 0.2) is 18.2 Å². The van der Waals surface area contributed by atoms with Crippen LogP contribution in [0.1, 0.15) is 37.6 Å². The van der Waals surface area contributed by atoms with E-state index < -0.39 is 0 Å². The molecule has 0 atom stereocenters. The predicted octanol–water partition coefficient (Wildman–Crippen LogP) is 1.74. The lowest BCUT2D eigenvalue weighted by atomic mass is 10.2. The van der Waals surface area contributed by atoms with Gasteiger partial charge in [-0.05, 0) is 38.5 Å². The second kappa shape index (κ2) is 9.65. The number of hydrogen-bond acceptors (Lipinski definition) is 4. The SMILES string of the molecule is CCCNC(=O)CNC(=O)c1ccc(OCC)c(OCC)c1. The fraction of sp³-hybridized carbons (Fsp3) is 0.500. The summed E-state index contributed by atoms with van der Waals surface area (Å²) in [4.78, 5) is 23.5. The number of benzene rings is 1. The summed E-state index contributed by atoms with van der Waals surface area (Å²) in [5, 5.41) is 5.28. The Morgan fingerprint density at radius 2 is 1.68 bits per heavy atom. The third-order valence-corrected chi connectivity index (χ3v) is 2.79. The molecule has 1 aromatic carbocycles. The lowest BCUT2D eigenvalue weighted by Crippen LogP contribution is -2.37. The molecule has 0 heterocycles. The summed E-state index contributed by atoms with van der Waals surface area (Å²) in [7, 11) is 0. The molecule has 2 N–H and O–H groups in total. The topological polar surface area (TPSA) is 76.7 Å². The van der Waals surface area contributed by atoms with Gasteiger partial charge in [-0.15, -0.1) is 0 Å². The number of rotatable bonds is 9. The second-order valence-electron chi connectivity index (χ2n) is 4.56. The van der Waals surface area contributed by atoms with Crippen LogP contribution in [0.4, 0.5) is 0 Å². The average molecular weight is 308 g/mol. The molecule has 2 amide bonds. The van der Waals surface area contributed by atoms with E-state index >= 15 is 0 Å². The minimum atomic E-state index is -0.323. The molecule has 0 aliphatic heterocycles. The van der Waals surface area contributed by atoms with Crippen molar-refractivity contribution >= 4 is 11.8 Å². The quantitative estimate of drug-likeness (QED) is 0.728. The van der Waals surface area contributed by atoms with Gasteiger partial charge in [0.2, 0.25) is 5.91 Å². The zero-order valence-corrected chi connectivity index (χ0v) is 13.4. The van der Waals surface area contributed by atoms with E-state index in [9.17, 15) is 9.59 Å². The maximum Gasteiger partial charge on any atom is 0.251 e. The molecule has 22 heavy (non-hydrogen) atoms.